The van der Waals surface area contributed by atoms with Crippen LogP contribution < -0.4 is 5.73 Å². The fourth-order valence-electron chi connectivity index (χ4n) is 2.12. The van der Waals surface area contributed by atoms with Crippen LogP contribution in [-0.4, -0.2) is 21.0 Å². The molecule has 0 spiro atoms. The number of nitrogens with zero attached hydrogens (tertiary/aromatic N) is 1. The summed E-state index contributed by atoms with van der Waals surface area (Å²) < 4.78 is 14.5. The maximum Gasteiger partial charge on any atom is 0.356 e. The lowest BCUT2D eigenvalue weighted by molar-refractivity contribution is 0.0691. The highest BCUT2D eigenvalue weighted by atomic mass is 35.5. The Bertz CT molecular complexity index is 876. The molecule has 0 saturated carbocycles. The highest BCUT2D eigenvalue weighted by molar-refractivity contribution is 6.35. The number of nitrogens with two attached hydrogens (primary N) is 1. The Morgan fingerprint density at radius 1 is 1.38 bits per heavy atom. The van der Waals surface area contributed by atoms with Gasteiger partial charge in [0.15, 0.2) is 11.5 Å². The summed E-state index contributed by atoms with van der Waals surface area (Å²) in [5.74, 6) is -1.85. The van der Waals surface area contributed by atoms with Gasteiger partial charge in [-0.25, -0.2) is 14.2 Å². The van der Waals surface area contributed by atoms with Crippen molar-refractivity contribution >= 4 is 34.2 Å². The van der Waals surface area contributed by atoms with Crippen LogP contribution in [0.3, 0.4) is 0 Å². The van der Waals surface area contributed by atoms with Crippen molar-refractivity contribution < 1.29 is 14.3 Å². The number of aromatic amines is 1. The molecule has 0 unspecified atom stereocenters. The topological polar surface area (TPSA) is 92.0 Å². The Kier molecular flexibility index (Phi) is 3.03. The summed E-state index contributed by atoms with van der Waals surface area (Å²) >= 11 is 5.80. The molecule has 21 heavy (non-hydrogen) atoms. The Hall–Kier alpha value is -2.60. The number of fused-ring (bicyclic) bond motifs is 1. The minimum atomic E-state index is -1.32. The molecule has 4 N–H and O–H groups in total. The van der Waals surface area contributed by atoms with Crippen LogP contribution in [0.1, 0.15) is 10.5 Å². The zero-order valence-electron chi connectivity index (χ0n) is 10.5. The summed E-state index contributed by atoms with van der Waals surface area (Å²) in [6.45, 7) is 0. The molecule has 0 saturated heterocycles. The molecule has 2 aromatic heterocycles. The summed E-state index contributed by atoms with van der Waals surface area (Å²) in [6, 6.07) is 6.31. The molecule has 0 aliphatic carbocycles. The normalized spacial score (nSPS) is 11.0. The molecule has 5 nitrogen and oxygen atoms in total. The molecule has 0 amide bonds. The van der Waals surface area contributed by atoms with Crippen molar-refractivity contribution in [3.63, 3.8) is 0 Å². The van der Waals surface area contributed by atoms with Gasteiger partial charge in [0.2, 0.25) is 0 Å². The van der Waals surface area contributed by atoms with Crippen molar-refractivity contribution in [3.05, 3.63) is 47.0 Å². The first kappa shape index (κ1) is 13.4. The van der Waals surface area contributed by atoms with Crippen LogP contribution in [0, 0.1) is 5.82 Å². The van der Waals surface area contributed by atoms with Crippen molar-refractivity contribution in [1.82, 2.24) is 9.97 Å². The Balaban J connectivity index is 2.27. The molecule has 2 heterocycles. The number of aromatic nitrogens is 2. The molecular formula is C14H9ClFN3O2. The van der Waals surface area contributed by atoms with Crippen molar-refractivity contribution in [3.8, 4) is 11.3 Å². The minimum absolute atomic E-state index is 0.0325. The first-order chi connectivity index (χ1) is 9.99. The average Bonchev–Trinajstić information content (AvgIpc) is 2.91. The summed E-state index contributed by atoms with van der Waals surface area (Å²) in [4.78, 5) is 17.8. The van der Waals surface area contributed by atoms with E-state index in [1.807, 2.05) is 0 Å². The van der Waals surface area contributed by atoms with E-state index < -0.39 is 17.5 Å². The molecule has 0 atom stereocenters. The Morgan fingerprint density at radius 3 is 2.86 bits per heavy atom. The summed E-state index contributed by atoms with van der Waals surface area (Å²) in [7, 11) is 0. The van der Waals surface area contributed by atoms with Crippen LogP contribution in [0.4, 0.5) is 10.1 Å². The predicted octanol–water partition coefficient (Wildman–Crippen LogP) is 3.30. The predicted molar refractivity (Wildman–Crippen MR) is 77.9 cm³/mol. The number of hydrogen-bond acceptors (Lipinski definition) is 3. The maximum absolute atomic E-state index is 14.5. The average molecular weight is 306 g/mol. The van der Waals surface area contributed by atoms with E-state index in [1.165, 1.54) is 12.1 Å². The number of nitrogen functional groups attached to an aromatic ring is 1. The molecular weight excluding hydrogens is 297 g/mol. The molecule has 0 aliphatic heterocycles. The van der Waals surface area contributed by atoms with E-state index in [0.29, 0.717) is 10.9 Å². The Morgan fingerprint density at radius 2 is 2.14 bits per heavy atom. The second-order valence-corrected chi connectivity index (χ2v) is 4.81. The van der Waals surface area contributed by atoms with Crippen molar-refractivity contribution in [2.75, 3.05) is 5.73 Å². The highest BCUT2D eigenvalue weighted by Gasteiger charge is 2.18. The lowest BCUT2D eigenvalue weighted by Gasteiger charge is -2.08. The number of carboxylic acids is 1. The number of hydrogen-bond donors (Lipinski definition) is 3. The monoisotopic (exact) mass is 305 g/mol. The minimum Gasteiger partial charge on any atom is -0.476 e. The van der Waals surface area contributed by atoms with Gasteiger partial charge in [-0.15, -0.1) is 0 Å². The molecule has 0 radical (unpaired) electrons. The molecule has 0 fully saturated rings. The van der Waals surface area contributed by atoms with Crippen LogP contribution in [0.15, 0.2) is 30.5 Å². The van der Waals surface area contributed by atoms with E-state index in [9.17, 15) is 9.18 Å². The number of halogens is 2. The number of rotatable bonds is 2. The number of carboxylic acid groups (broad SMARTS) is 1. The SMILES string of the molecule is Nc1cc(-c2ccc3cc[nH]c3c2F)nc(C(=O)O)c1Cl. The summed E-state index contributed by atoms with van der Waals surface area (Å²) in [5, 5.41) is 9.61. The van der Waals surface area contributed by atoms with Crippen LogP contribution in [-0.2, 0) is 0 Å². The van der Waals surface area contributed by atoms with Gasteiger partial charge in [-0.3, -0.25) is 0 Å². The van der Waals surface area contributed by atoms with Gasteiger partial charge in [0, 0.05) is 17.1 Å². The maximum atomic E-state index is 14.5. The number of anilines is 1. The number of nitrogens with one attached hydrogen (secondary N) is 1. The zero-order chi connectivity index (χ0) is 15.1. The van der Waals surface area contributed by atoms with Gasteiger partial charge in [-0.05, 0) is 18.2 Å². The van der Waals surface area contributed by atoms with Gasteiger partial charge in [-0.1, -0.05) is 17.7 Å². The van der Waals surface area contributed by atoms with Crippen LogP contribution in [0.25, 0.3) is 22.2 Å². The third-order valence-electron chi connectivity index (χ3n) is 3.13. The summed E-state index contributed by atoms with van der Waals surface area (Å²) in [6.07, 6.45) is 1.61. The van der Waals surface area contributed by atoms with E-state index >= 15 is 0 Å². The molecule has 106 valence electrons. The van der Waals surface area contributed by atoms with Crippen molar-refractivity contribution in [2.24, 2.45) is 0 Å². The lowest BCUT2D eigenvalue weighted by atomic mass is 10.1. The number of H-pyrrole nitrogens is 1. The van der Waals surface area contributed by atoms with Crippen LogP contribution in [0.2, 0.25) is 5.02 Å². The first-order valence-corrected chi connectivity index (χ1v) is 6.32. The third kappa shape index (κ3) is 2.09. The molecule has 1 aromatic carbocycles. The number of benzene rings is 1. The van der Waals surface area contributed by atoms with E-state index in [4.69, 9.17) is 22.4 Å². The largest absolute Gasteiger partial charge is 0.476 e. The van der Waals surface area contributed by atoms with Crippen LogP contribution >= 0.6 is 11.6 Å². The Labute approximate surface area is 123 Å². The second kappa shape index (κ2) is 4.75. The highest BCUT2D eigenvalue weighted by Crippen LogP contribution is 2.31. The van der Waals surface area contributed by atoms with Gasteiger partial charge >= 0.3 is 5.97 Å². The third-order valence-corrected chi connectivity index (χ3v) is 3.53. The lowest BCUT2D eigenvalue weighted by Crippen LogP contribution is -2.05. The van der Waals surface area contributed by atoms with E-state index in [-0.39, 0.29) is 22.0 Å². The molecule has 3 rings (SSSR count). The molecule has 3 aromatic rings. The number of carbonyl (C=O) groups is 1. The van der Waals surface area contributed by atoms with E-state index in [2.05, 4.69) is 9.97 Å². The summed E-state index contributed by atoms with van der Waals surface area (Å²) in [5.41, 5.74) is 5.88. The first-order valence-electron chi connectivity index (χ1n) is 5.94. The van der Waals surface area contributed by atoms with Crippen molar-refractivity contribution in [1.29, 1.82) is 0 Å². The number of aromatic carboxylic acids is 1. The zero-order valence-corrected chi connectivity index (χ0v) is 11.3. The molecule has 7 heteroatoms. The molecule has 0 aliphatic rings. The van der Waals surface area contributed by atoms with Gasteiger partial charge in [0.25, 0.3) is 0 Å². The standard InChI is InChI=1S/C14H9ClFN3O2/c15-10-8(17)5-9(19-13(10)14(20)21)7-2-1-6-3-4-18-12(6)11(7)16/h1-5,18H,(H2,17,19)(H,20,21). The molecule has 0 bridgehead atoms. The van der Waals surface area contributed by atoms with Gasteiger partial charge in [0.05, 0.1) is 21.9 Å². The fraction of sp³-hybridized carbons (Fsp3) is 0. The van der Waals surface area contributed by atoms with Crippen LogP contribution in [0.5, 0.6) is 0 Å². The quantitative estimate of drug-likeness (QED) is 0.677. The smallest absolute Gasteiger partial charge is 0.356 e. The van der Waals surface area contributed by atoms with E-state index in [0.717, 1.165) is 0 Å². The second-order valence-electron chi connectivity index (χ2n) is 4.43. The van der Waals surface area contributed by atoms with E-state index in [1.54, 1.807) is 18.3 Å². The fourth-order valence-corrected chi connectivity index (χ4v) is 2.30. The van der Waals surface area contributed by atoms with Gasteiger partial charge in [-0.2, -0.15) is 0 Å². The van der Waals surface area contributed by atoms with Gasteiger partial charge < -0.3 is 15.8 Å². The van der Waals surface area contributed by atoms with Gasteiger partial charge in [0.1, 0.15) is 0 Å². The number of pyridine rings is 1. The van der Waals surface area contributed by atoms with Crippen molar-refractivity contribution in [2.45, 2.75) is 0 Å².